The van der Waals surface area contributed by atoms with Crippen LogP contribution in [0.15, 0.2) is 30.3 Å². The van der Waals surface area contributed by atoms with Gasteiger partial charge in [-0.2, -0.15) is 0 Å². The van der Waals surface area contributed by atoms with Crippen LogP contribution in [-0.4, -0.2) is 23.6 Å². The second kappa shape index (κ2) is 4.27. The van der Waals surface area contributed by atoms with Crippen molar-refractivity contribution in [3.63, 3.8) is 0 Å². The second-order valence-electron chi connectivity index (χ2n) is 4.05. The summed E-state index contributed by atoms with van der Waals surface area (Å²) in [7, 11) is 0. The summed E-state index contributed by atoms with van der Waals surface area (Å²) in [4.78, 5) is 0. The highest BCUT2D eigenvalue weighted by Gasteiger charge is 2.39. The fourth-order valence-electron chi connectivity index (χ4n) is 2.15. The lowest BCUT2D eigenvalue weighted by Crippen LogP contribution is -2.40. The predicted octanol–water partition coefficient (Wildman–Crippen LogP) is 2.60. The zero-order valence-corrected chi connectivity index (χ0v) is 8.31. The first-order valence-electron chi connectivity index (χ1n) is 5.21. The molecule has 1 aliphatic carbocycles. The fraction of sp³-hybridized carbons (Fsp3) is 0.500. The van der Waals surface area contributed by atoms with Crippen LogP contribution in [0.1, 0.15) is 24.3 Å². The van der Waals surface area contributed by atoms with Gasteiger partial charge in [0.1, 0.15) is 6.17 Å². The molecule has 0 aromatic heterocycles. The zero-order chi connectivity index (χ0) is 10.8. The van der Waals surface area contributed by atoms with Gasteiger partial charge in [-0.25, -0.2) is 8.78 Å². The molecule has 1 nitrogen and oxygen atoms in total. The van der Waals surface area contributed by atoms with Crippen molar-refractivity contribution in [3.8, 4) is 0 Å². The predicted molar refractivity (Wildman–Crippen MR) is 54.2 cm³/mol. The van der Waals surface area contributed by atoms with Gasteiger partial charge >= 0.3 is 0 Å². The molecule has 0 unspecified atom stereocenters. The van der Waals surface area contributed by atoms with E-state index >= 15 is 0 Å². The number of rotatable bonds is 1. The molecular weight excluding hydrogens is 198 g/mol. The van der Waals surface area contributed by atoms with Gasteiger partial charge in [-0.15, -0.1) is 0 Å². The van der Waals surface area contributed by atoms with E-state index in [0.29, 0.717) is 12.8 Å². The molecule has 1 N–H and O–H groups in total. The number of halogens is 2. The quantitative estimate of drug-likeness (QED) is 0.758. The van der Waals surface area contributed by atoms with Crippen molar-refractivity contribution in [2.45, 2.75) is 37.2 Å². The molecule has 0 amide bonds. The molecule has 2 rings (SSSR count). The molecule has 0 spiro atoms. The number of hydrogen-bond acceptors (Lipinski definition) is 1. The highest BCUT2D eigenvalue weighted by atomic mass is 19.2. The number of hydrogen-bond donors (Lipinski definition) is 1. The van der Waals surface area contributed by atoms with Gasteiger partial charge in [0, 0.05) is 5.92 Å². The number of alkyl halides is 2. The van der Waals surface area contributed by atoms with Gasteiger partial charge in [0.25, 0.3) is 0 Å². The van der Waals surface area contributed by atoms with Crippen LogP contribution >= 0.6 is 0 Å². The van der Waals surface area contributed by atoms with Crippen LogP contribution in [0.5, 0.6) is 0 Å². The average Bonchev–Trinajstić information content (AvgIpc) is 2.27. The number of benzene rings is 1. The summed E-state index contributed by atoms with van der Waals surface area (Å²) in [6.07, 6.45) is -3.63. The lowest BCUT2D eigenvalue weighted by Gasteiger charge is -2.32. The SMILES string of the molecule is O[C@H]1CC[C@H](c2ccccc2)[C@H](F)[C@@H]1F. The molecule has 1 aliphatic rings. The van der Waals surface area contributed by atoms with E-state index in [2.05, 4.69) is 0 Å². The minimum Gasteiger partial charge on any atom is -0.390 e. The molecule has 0 heterocycles. The van der Waals surface area contributed by atoms with E-state index in [1.165, 1.54) is 0 Å². The fourth-order valence-corrected chi connectivity index (χ4v) is 2.15. The molecule has 4 atom stereocenters. The van der Waals surface area contributed by atoms with Gasteiger partial charge in [-0.05, 0) is 18.4 Å². The summed E-state index contributed by atoms with van der Waals surface area (Å²) in [5.74, 6) is -0.412. The Balaban J connectivity index is 2.17. The van der Waals surface area contributed by atoms with E-state index in [9.17, 15) is 13.9 Å². The lowest BCUT2D eigenvalue weighted by molar-refractivity contribution is -0.0168. The van der Waals surface area contributed by atoms with E-state index in [-0.39, 0.29) is 0 Å². The van der Waals surface area contributed by atoms with Crippen molar-refractivity contribution in [1.82, 2.24) is 0 Å². The maximum Gasteiger partial charge on any atom is 0.157 e. The zero-order valence-electron chi connectivity index (χ0n) is 8.31. The van der Waals surface area contributed by atoms with Gasteiger partial charge in [-0.1, -0.05) is 30.3 Å². The van der Waals surface area contributed by atoms with Gasteiger partial charge < -0.3 is 5.11 Å². The largest absolute Gasteiger partial charge is 0.390 e. The Morgan fingerprint density at radius 1 is 1.00 bits per heavy atom. The topological polar surface area (TPSA) is 20.2 Å². The van der Waals surface area contributed by atoms with Gasteiger partial charge in [0.15, 0.2) is 6.17 Å². The third-order valence-corrected chi connectivity index (χ3v) is 3.06. The molecule has 1 saturated carbocycles. The van der Waals surface area contributed by atoms with Crippen LogP contribution in [0.4, 0.5) is 8.78 Å². The average molecular weight is 212 g/mol. The standard InChI is InChI=1S/C12H14F2O/c13-11-9(6-7-10(15)12(11)14)8-4-2-1-3-5-8/h1-5,9-12,15H,6-7H2/t9-,10+,11+,12-/m1/s1. The van der Waals surface area contributed by atoms with Gasteiger partial charge in [-0.3, -0.25) is 0 Å². The summed E-state index contributed by atoms with van der Waals surface area (Å²) in [5.41, 5.74) is 0.819. The van der Waals surface area contributed by atoms with E-state index < -0.39 is 24.4 Å². The number of aliphatic hydroxyl groups is 1. The van der Waals surface area contributed by atoms with Crippen molar-refractivity contribution in [3.05, 3.63) is 35.9 Å². The molecule has 15 heavy (non-hydrogen) atoms. The lowest BCUT2D eigenvalue weighted by atomic mass is 9.80. The number of aliphatic hydroxyl groups excluding tert-OH is 1. The van der Waals surface area contributed by atoms with Crippen molar-refractivity contribution < 1.29 is 13.9 Å². The molecule has 1 aromatic carbocycles. The summed E-state index contributed by atoms with van der Waals surface area (Å²) >= 11 is 0. The Morgan fingerprint density at radius 3 is 2.33 bits per heavy atom. The first-order chi connectivity index (χ1) is 7.20. The van der Waals surface area contributed by atoms with Crippen LogP contribution in [-0.2, 0) is 0 Å². The van der Waals surface area contributed by atoms with Crippen LogP contribution in [0.3, 0.4) is 0 Å². The van der Waals surface area contributed by atoms with Gasteiger partial charge in [0.2, 0.25) is 0 Å². The Hall–Kier alpha value is -0.960. The second-order valence-corrected chi connectivity index (χ2v) is 4.05. The van der Waals surface area contributed by atoms with E-state index in [4.69, 9.17) is 0 Å². The minimum absolute atomic E-state index is 0.334. The van der Waals surface area contributed by atoms with Crippen LogP contribution < -0.4 is 0 Å². The van der Waals surface area contributed by atoms with Crippen molar-refractivity contribution in [2.75, 3.05) is 0 Å². The van der Waals surface area contributed by atoms with E-state index in [1.54, 1.807) is 0 Å². The van der Waals surface area contributed by atoms with Crippen LogP contribution in [0.25, 0.3) is 0 Å². The van der Waals surface area contributed by atoms with Gasteiger partial charge in [0.05, 0.1) is 6.10 Å². The molecule has 82 valence electrons. The summed E-state index contributed by atoms with van der Waals surface area (Å²) in [6.45, 7) is 0. The maximum atomic E-state index is 13.6. The first-order valence-corrected chi connectivity index (χ1v) is 5.21. The Kier molecular flexibility index (Phi) is 3.00. The highest BCUT2D eigenvalue weighted by molar-refractivity contribution is 5.22. The molecule has 1 aromatic rings. The first kappa shape index (κ1) is 10.6. The molecule has 0 bridgehead atoms. The molecule has 0 radical (unpaired) electrons. The van der Waals surface area contributed by atoms with E-state index in [0.717, 1.165) is 5.56 Å². The van der Waals surface area contributed by atoms with Crippen molar-refractivity contribution in [2.24, 2.45) is 0 Å². The minimum atomic E-state index is -1.75. The molecule has 0 saturated heterocycles. The smallest absolute Gasteiger partial charge is 0.157 e. The third kappa shape index (κ3) is 2.02. The van der Waals surface area contributed by atoms with Crippen molar-refractivity contribution in [1.29, 1.82) is 0 Å². The Labute approximate surface area is 87.7 Å². The van der Waals surface area contributed by atoms with Crippen molar-refractivity contribution >= 4 is 0 Å². The van der Waals surface area contributed by atoms with E-state index in [1.807, 2.05) is 30.3 Å². The Bertz CT molecular complexity index is 315. The molecule has 0 aliphatic heterocycles. The molecule has 3 heteroatoms. The van der Waals surface area contributed by atoms with Crippen LogP contribution in [0, 0.1) is 0 Å². The Morgan fingerprint density at radius 2 is 1.67 bits per heavy atom. The third-order valence-electron chi connectivity index (χ3n) is 3.06. The highest BCUT2D eigenvalue weighted by Crippen LogP contribution is 2.36. The normalized spacial score (nSPS) is 36.5. The maximum absolute atomic E-state index is 13.6. The summed E-state index contributed by atoms with van der Waals surface area (Å²) in [5, 5.41) is 9.20. The summed E-state index contributed by atoms with van der Waals surface area (Å²) in [6, 6.07) is 9.10. The van der Waals surface area contributed by atoms with Crippen LogP contribution in [0.2, 0.25) is 0 Å². The monoisotopic (exact) mass is 212 g/mol. The molecule has 1 fully saturated rings. The summed E-state index contributed by atoms with van der Waals surface area (Å²) < 4.78 is 26.9. The molecular formula is C12H14F2O.